The summed E-state index contributed by atoms with van der Waals surface area (Å²) < 4.78 is 20.3. The second kappa shape index (κ2) is 8.30. The van der Waals surface area contributed by atoms with Crippen LogP contribution in [0.5, 0.6) is 0 Å². The monoisotopic (exact) mass is 468 g/mol. The number of rotatable bonds is 0. The van der Waals surface area contributed by atoms with Crippen LogP contribution in [0, 0.1) is 0 Å². The molecule has 3 nitrogen and oxygen atoms in total. The van der Waals surface area contributed by atoms with E-state index >= 15 is 0 Å². The van der Waals surface area contributed by atoms with E-state index in [4.69, 9.17) is 14.2 Å². The SMILES string of the molecule is C1CCC2SC3CC4OC5CC6SC7CCCCC7OC6CC5SC4CC3OC2C1. The third-order valence-electron chi connectivity index (χ3n) is 8.90. The first-order valence-corrected chi connectivity index (χ1v) is 15.6. The molecule has 30 heavy (non-hydrogen) atoms. The molecule has 0 aromatic heterocycles. The Hall–Kier alpha value is 0.930. The van der Waals surface area contributed by atoms with Gasteiger partial charge in [0.25, 0.3) is 0 Å². The molecule has 0 aromatic carbocycles. The number of ether oxygens (including phenoxy) is 3. The maximum atomic E-state index is 6.91. The summed E-state index contributed by atoms with van der Waals surface area (Å²) in [5.74, 6) is 0. The second-order valence-corrected chi connectivity index (χ2v) is 15.2. The zero-order chi connectivity index (χ0) is 19.7. The van der Waals surface area contributed by atoms with Gasteiger partial charge in [0.15, 0.2) is 0 Å². The third-order valence-corrected chi connectivity index (χ3v) is 14.1. The van der Waals surface area contributed by atoms with Crippen molar-refractivity contribution in [2.45, 2.75) is 145 Å². The van der Waals surface area contributed by atoms with Crippen molar-refractivity contribution in [1.29, 1.82) is 0 Å². The number of hydrogen-bond acceptors (Lipinski definition) is 6. The highest BCUT2D eigenvalue weighted by molar-refractivity contribution is 8.01. The van der Waals surface area contributed by atoms with Crippen LogP contribution < -0.4 is 0 Å². The molecule has 0 amide bonds. The highest BCUT2D eigenvalue weighted by Crippen LogP contribution is 2.54. The molecule has 0 aromatic rings. The van der Waals surface area contributed by atoms with Gasteiger partial charge in [-0.2, -0.15) is 0 Å². The molecule has 168 valence electrons. The van der Waals surface area contributed by atoms with Crippen molar-refractivity contribution in [3.63, 3.8) is 0 Å². The van der Waals surface area contributed by atoms with Crippen LogP contribution in [0.15, 0.2) is 0 Å². The molecule has 0 spiro atoms. The van der Waals surface area contributed by atoms with Crippen molar-refractivity contribution in [1.82, 2.24) is 0 Å². The fraction of sp³-hybridized carbons (Fsp3) is 1.00. The first-order chi connectivity index (χ1) is 14.8. The van der Waals surface area contributed by atoms with Gasteiger partial charge in [-0.15, -0.1) is 35.3 Å². The van der Waals surface area contributed by atoms with Gasteiger partial charge >= 0.3 is 0 Å². The van der Waals surface area contributed by atoms with Crippen molar-refractivity contribution in [3.8, 4) is 0 Å². The minimum absolute atomic E-state index is 0.460. The molecule has 12 unspecified atom stereocenters. The molecule has 3 saturated heterocycles. The minimum Gasteiger partial charge on any atom is -0.373 e. The summed E-state index contributed by atoms with van der Waals surface area (Å²) in [6.45, 7) is 0. The van der Waals surface area contributed by atoms with E-state index < -0.39 is 0 Å². The number of hydrogen-bond donors (Lipinski definition) is 0. The molecule has 0 N–H and O–H groups in total. The summed E-state index contributed by atoms with van der Waals surface area (Å²) in [7, 11) is 0. The minimum atomic E-state index is 0.460. The smallest absolute Gasteiger partial charge is 0.0710 e. The number of fused-ring (bicyclic) bond motifs is 6. The van der Waals surface area contributed by atoms with Gasteiger partial charge in [-0.1, -0.05) is 25.7 Å². The van der Waals surface area contributed by atoms with E-state index in [0.717, 1.165) is 10.5 Å². The van der Waals surface area contributed by atoms with Crippen LogP contribution >= 0.6 is 35.3 Å². The lowest BCUT2D eigenvalue weighted by atomic mass is 9.88. The predicted octanol–water partition coefficient (Wildman–Crippen LogP) is 5.44. The Bertz CT molecular complexity index is 543. The van der Waals surface area contributed by atoms with E-state index in [1.165, 1.54) is 77.0 Å². The fourth-order valence-corrected chi connectivity index (χ4v) is 12.7. The van der Waals surface area contributed by atoms with E-state index in [1.54, 1.807) is 0 Å². The molecule has 12 atom stereocenters. The average molecular weight is 469 g/mol. The standard InChI is InChI=1S/C24H36O3S3/c1-3-7-19-13(5-1)25-15-9-23-17(11-21(15)28-19)27-18-12-22-16(10-24(18)30-23)26-14-6-2-4-8-20(14)29-22/h13-24H,1-12H2. The summed E-state index contributed by atoms with van der Waals surface area (Å²) in [4.78, 5) is 0. The fourth-order valence-electron chi connectivity index (χ4n) is 7.37. The summed E-state index contributed by atoms with van der Waals surface area (Å²) in [5, 5.41) is 4.15. The molecule has 7 aliphatic rings. The van der Waals surface area contributed by atoms with Gasteiger partial charge in [0.2, 0.25) is 0 Å². The summed E-state index contributed by atoms with van der Waals surface area (Å²) in [5.41, 5.74) is 0. The topological polar surface area (TPSA) is 27.7 Å². The largest absolute Gasteiger partial charge is 0.373 e. The van der Waals surface area contributed by atoms with E-state index in [0.29, 0.717) is 57.6 Å². The predicted molar refractivity (Wildman–Crippen MR) is 127 cm³/mol. The lowest BCUT2D eigenvalue weighted by Gasteiger charge is -2.55. The van der Waals surface area contributed by atoms with E-state index in [-0.39, 0.29) is 0 Å². The van der Waals surface area contributed by atoms with E-state index in [1.807, 2.05) is 0 Å². The van der Waals surface area contributed by atoms with Gasteiger partial charge in [0.1, 0.15) is 0 Å². The van der Waals surface area contributed by atoms with Crippen LogP contribution in [0.3, 0.4) is 0 Å². The Kier molecular flexibility index (Phi) is 5.62. The van der Waals surface area contributed by atoms with Gasteiger partial charge in [0, 0.05) is 31.5 Å². The van der Waals surface area contributed by atoms with Crippen LogP contribution in [0.1, 0.15) is 77.0 Å². The molecule has 7 fully saturated rings. The highest BCUT2D eigenvalue weighted by atomic mass is 32.2. The molecule has 0 radical (unpaired) electrons. The van der Waals surface area contributed by atoms with Gasteiger partial charge < -0.3 is 14.2 Å². The lowest BCUT2D eigenvalue weighted by molar-refractivity contribution is -0.112. The molecule has 0 bridgehead atoms. The van der Waals surface area contributed by atoms with Crippen LogP contribution in [-0.4, -0.2) is 68.1 Å². The third kappa shape index (κ3) is 3.62. The van der Waals surface area contributed by atoms with Crippen molar-refractivity contribution in [2.75, 3.05) is 0 Å². The van der Waals surface area contributed by atoms with Gasteiger partial charge in [-0.3, -0.25) is 0 Å². The maximum absolute atomic E-state index is 6.91. The normalized spacial score (nSPS) is 57.6. The van der Waals surface area contributed by atoms with Gasteiger partial charge in [-0.25, -0.2) is 0 Å². The molecule has 3 aliphatic heterocycles. The molecule has 7 rings (SSSR count). The van der Waals surface area contributed by atoms with Crippen molar-refractivity contribution < 1.29 is 14.2 Å². The first-order valence-electron chi connectivity index (χ1n) is 12.7. The molecule has 4 saturated carbocycles. The molecule has 6 heteroatoms. The Morgan fingerprint density at radius 3 is 1.13 bits per heavy atom. The van der Waals surface area contributed by atoms with E-state index in [2.05, 4.69) is 35.3 Å². The molecule has 4 aliphatic carbocycles. The average Bonchev–Trinajstić information content (AvgIpc) is 2.77. The Labute approximate surface area is 194 Å². The maximum Gasteiger partial charge on any atom is 0.0710 e. The number of thioether (sulfide) groups is 3. The Balaban J connectivity index is 1.03. The first kappa shape index (κ1) is 20.3. The summed E-state index contributed by atoms with van der Waals surface area (Å²) in [6.07, 6.45) is 18.7. The Morgan fingerprint density at radius 2 is 0.700 bits per heavy atom. The summed E-state index contributed by atoms with van der Waals surface area (Å²) >= 11 is 6.82. The van der Waals surface area contributed by atoms with Gasteiger partial charge in [-0.05, 0) is 51.4 Å². The van der Waals surface area contributed by atoms with Crippen molar-refractivity contribution >= 4 is 35.3 Å². The van der Waals surface area contributed by atoms with Gasteiger partial charge in [0.05, 0.1) is 36.6 Å². The molecular weight excluding hydrogens is 432 g/mol. The quantitative estimate of drug-likeness (QED) is 0.470. The van der Waals surface area contributed by atoms with Crippen molar-refractivity contribution in [2.24, 2.45) is 0 Å². The van der Waals surface area contributed by atoms with Crippen LogP contribution in [0.25, 0.3) is 0 Å². The Morgan fingerprint density at radius 1 is 0.367 bits per heavy atom. The highest BCUT2D eigenvalue weighted by Gasteiger charge is 2.53. The van der Waals surface area contributed by atoms with E-state index in [9.17, 15) is 0 Å². The second-order valence-electron chi connectivity index (χ2n) is 10.8. The zero-order valence-corrected chi connectivity index (χ0v) is 20.3. The van der Waals surface area contributed by atoms with Crippen LogP contribution in [0.2, 0.25) is 0 Å². The van der Waals surface area contributed by atoms with Crippen LogP contribution in [-0.2, 0) is 14.2 Å². The van der Waals surface area contributed by atoms with Crippen molar-refractivity contribution in [3.05, 3.63) is 0 Å². The molecular formula is C24H36O3S3. The molecule has 3 heterocycles. The summed E-state index contributed by atoms with van der Waals surface area (Å²) in [6, 6.07) is 0. The zero-order valence-electron chi connectivity index (χ0n) is 17.9. The lowest BCUT2D eigenvalue weighted by Crippen LogP contribution is -2.59. The van der Waals surface area contributed by atoms with Crippen LogP contribution in [0.4, 0.5) is 0 Å².